The molecule has 5 nitrogen and oxygen atoms in total. The first-order valence-corrected chi connectivity index (χ1v) is 9.00. The zero-order valence-corrected chi connectivity index (χ0v) is 16.3. The van der Waals surface area contributed by atoms with Crippen LogP contribution < -0.4 is 5.32 Å². The topological polar surface area (TPSA) is 68.3 Å². The van der Waals surface area contributed by atoms with Gasteiger partial charge in [-0.15, -0.1) is 0 Å². The van der Waals surface area contributed by atoms with Crippen molar-refractivity contribution < 1.29 is 14.3 Å². The molecular weight excluding hydrogens is 375 g/mol. The highest BCUT2D eigenvalue weighted by molar-refractivity contribution is 6.41. The Morgan fingerprint density at radius 2 is 1.92 bits per heavy atom. The number of amides is 1. The number of carbonyl (C=O) groups is 2. The summed E-state index contributed by atoms with van der Waals surface area (Å²) in [6.45, 7) is 5.68. The van der Waals surface area contributed by atoms with Crippen LogP contribution in [-0.2, 0) is 9.53 Å². The summed E-state index contributed by atoms with van der Waals surface area (Å²) in [5.74, 6) is -0.817. The number of ether oxygens (including phenoxy) is 1. The van der Waals surface area contributed by atoms with Gasteiger partial charge >= 0.3 is 5.97 Å². The Labute approximate surface area is 162 Å². The lowest BCUT2D eigenvalue weighted by atomic mass is 9.97. The summed E-state index contributed by atoms with van der Waals surface area (Å²) < 4.78 is 5.20. The highest BCUT2D eigenvalue weighted by Gasteiger charge is 2.21. The van der Waals surface area contributed by atoms with E-state index in [1.165, 1.54) is 19.2 Å². The molecule has 2 aromatic rings. The zero-order valence-electron chi connectivity index (χ0n) is 14.8. The maximum absolute atomic E-state index is 12.4. The number of anilines is 1. The van der Waals surface area contributed by atoms with Crippen molar-refractivity contribution in [3.8, 4) is 0 Å². The Bertz CT molecular complexity index is 811. The number of para-hydroxylation sites is 1. The van der Waals surface area contributed by atoms with E-state index in [0.717, 1.165) is 12.0 Å². The third kappa shape index (κ3) is 4.96. The number of hydrogen-bond donors (Lipinski definition) is 1. The maximum atomic E-state index is 12.4. The summed E-state index contributed by atoms with van der Waals surface area (Å²) in [5.41, 5.74) is 1.88. The van der Waals surface area contributed by atoms with Gasteiger partial charge in [0.05, 0.1) is 10.6 Å². The van der Waals surface area contributed by atoms with Crippen molar-refractivity contribution >= 4 is 40.8 Å². The lowest BCUT2D eigenvalue weighted by Crippen LogP contribution is -2.30. The summed E-state index contributed by atoms with van der Waals surface area (Å²) in [4.78, 5) is 28.4. The molecule has 1 amide bonds. The molecule has 138 valence electrons. The molecular formula is C19H20Cl2N2O3. The van der Waals surface area contributed by atoms with Gasteiger partial charge in [0.2, 0.25) is 0 Å². The molecule has 0 saturated heterocycles. The predicted octanol–water partition coefficient (Wildman–Crippen LogP) is 5.09. The number of rotatable bonds is 6. The fourth-order valence-corrected chi connectivity index (χ4v) is 2.58. The minimum atomic E-state index is -0.984. The van der Waals surface area contributed by atoms with Gasteiger partial charge in [-0.25, -0.2) is 9.78 Å². The molecule has 1 heterocycles. The van der Waals surface area contributed by atoms with Crippen molar-refractivity contribution in [2.75, 3.05) is 5.32 Å². The minimum absolute atomic E-state index is 0.0932. The van der Waals surface area contributed by atoms with Crippen LogP contribution in [0.3, 0.4) is 0 Å². The second kappa shape index (κ2) is 9.01. The van der Waals surface area contributed by atoms with E-state index in [1.54, 1.807) is 0 Å². The van der Waals surface area contributed by atoms with E-state index in [-0.39, 0.29) is 15.7 Å². The van der Waals surface area contributed by atoms with Crippen LogP contribution in [0.1, 0.15) is 49.0 Å². The van der Waals surface area contributed by atoms with Gasteiger partial charge in [-0.3, -0.25) is 4.79 Å². The quantitative estimate of drug-likeness (QED) is 0.547. The van der Waals surface area contributed by atoms with E-state index in [4.69, 9.17) is 27.9 Å². The van der Waals surface area contributed by atoms with Gasteiger partial charge in [-0.2, -0.15) is 0 Å². The molecule has 0 bridgehead atoms. The molecule has 0 aliphatic rings. The average molecular weight is 395 g/mol. The molecule has 0 fully saturated rings. The third-order valence-corrected chi connectivity index (χ3v) is 4.73. The second-order valence-electron chi connectivity index (χ2n) is 5.93. The molecule has 1 aromatic heterocycles. The monoisotopic (exact) mass is 394 g/mol. The van der Waals surface area contributed by atoms with Crippen LogP contribution in [0.5, 0.6) is 0 Å². The molecule has 1 N–H and O–H groups in total. The standard InChI is InChI=1S/C19H20Cl2N2O3/c1-4-11(2)14-7-5-6-8-16(14)23-18(24)12(3)26-19(25)13-9-15(20)17(21)22-10-13/h5-12H,4H2,1-3H3,(H,23,24)/t11-,12+/m1/s1. The molecule has 2 atom stereocenters. The number of nitrogens with one attached hydrogen (secondary N) is 1. The summed E-state index contributed by atoms with van der Waals surface area (Å²) in [6.07, 6.45) is 1.21. The van der Waals surface area contributed by atoms with Crippen LogP contribution in [0.4, 0.5) is 5.69 Å². The smallest absolute Gasteiger partial charge is 0.340 e. The van der Waals surface area contributed by atoms with Gasteiger partial charge in [0.1, 0.15) is 5.15 Å². The van der Waals surface area contributed by atoms with Gasteiger partial charge in [-0.05, 0) is 37.0 Å². The highest BCUT2D eigenvalue weighted by Crippen LogP contribution is 2.26. The highest BCUT2D eigenvalue weighted by atomic mass is 35.5. The maximum Gasteiger partial charge on any atom is 0.340 e. The number of hydrogen-bond acceptors (Lipinski definition) is 4. The van der Waals surface area contributed by atoms with Gasteiger partial charge in [0, 0.05) is 11.9 Å². The zero-order chi connectivity index (χ0) is 19.3. The molecule has 0 saturated carbocycles. The first-order chi connectivity index (χ1) is 12.3. The van der Waals surface area contributed by atoms with Crippen molar-refractivity contribution in [2.45, 2.75) is 39.2 Å². The summed E-state index contributed by atoms with van der Waals surface area (Å²) >= 11 is 11.6. The fourth-order valence-electron chi connectivity index (χ4n) is 2.31. The van der Waals surface area contributed by atoms with E-state index >= 15 is 0 Å². The van der Waals surface area contributed by atoms with E-state index in [2.05, 4.69) is 24.1 Å². The lowest BCUT2D eigenvalue weighted by molar-refractivity contribution is -0.123. The van der Waals surface area contributed by atoms with Crippen LogP contribution in [0.25, 0.3) is 0 Å². The van der Waals surface area contributed by atoms with Crippen molar-refractivity contribution in [1.82, 2.24) is 4.98 Å². The number of carbonyl (C=O) groups excluding carboxylic acids is 2. The number of aromatic nitrogens is 1. The molecule has 1 aromatic carbocycles. The largest absolute Gasteiger partial charge is 0.449 e. The van der Waals surface area contributed by atoms with Crippen LogP contribution >= 0.6 is 23.2 Å². The SMILES string of the molecule is CC[C@@H](C)c1ccccc1NC(=O)[C@H](C)OC(=O)c1cnc(Cl)c(Cl)c1. The van der Waals surface area contributed by atoms with E-state index < -0.39 is 18.0 Å². The predicted molar refractivity (Wildman–Crippen MR) is 103 cm³/mol. The summed E-state index contributed by atoms with van der Waals surface area (Å²) in [6, 6.07) is 8.93. The Kier molecular flexibility index (Phi) is 7.00. The molecule has 0 aliphatic carbocycles. The Balaban J connectivity index is 2.06. The van der Waals surface area contributed by atoms with E-state index in [9.17, 15) is 9.59 Å². The normalized spacial score (nSPS) is 13.0. The van der Waals surface area contributed by atoms with E-state index in [0.29, 0.717) is 11.6 Å². The fraction of sp³-hybridized carbons (Fsp3) is 0.316. The van der Waals surface area contributed by atoms with Gasteiger partial charge < -0.3 is 10.1 Å². The first-order valence-electron chi connectivity index (χ1n) is 8.25. The summed E-state index contributed by atoms with van der Waals surface area (Å²) in [5, 5.41) is 3.06. The van der Waals surface area contributed by atoms with Crippen LogP contribution in [0.2, 0.25) is 10.2 Å². The number of benzene rings is 1. The molecule has 0 spiro atoms. The first kappa shape index (κ1) is 20.2. The number of esters is 1. The van der Waals surface area contributed by atoms with E-state index in [1.807, 2.05) is 24.3 Å². The van der Waals surface area contributed by atoms with Crippen molar-refractivity contribution in [1.29, 1.82) is 0 Å². The molecule has 26 heavy (non-hydrogen) atoms. The van der Waals surface area contributed by atoms with Gasteiger partial charge in [0.25, 0.3) is 5.91 Å². The van der Waals surface area contributed by atoms with Crippen LogP contribution in [0.15, 0.2) is 36.5 Å². The van der Waals surface area contributed by atoms with Crippen molar-refractivity contribution in [3.63, 3.8) is 0 Å². The Morgan fingerprint density at radius 1 is 1.23 bits per heavy atom. The lowest BCUT2D eigenvalue weighted by Gasteiger charge is -2.18. The van der Waals surface area contributed by atoms with Crippen molar-refractivity contribution in [3.05, 3.63) is 57.8 Å². The Hall–Kier alpha value is -2.11. The van der Waals surface area contributed by atoms with Crippen molar-refractivity contribution in [2.24, 2.45) is 0 Å². The number of halogens is 2. The number of pyridine rings is 1. The van der Waals surface area contributed by atoms with Gasteiger partial charge in [-0.1, -0.05) is 55.2 Å². The molecule has 0 unspecified atom stereocenters. The number of nitrogens with zero attached hydrogens (tertiary/aromatic N) is 1. The Morgan fingerprint density at radius 3 is 2.58 bits per heavy atom. The molecule has 7 heteroatoms. The average Bonchev–Trinajstić information content (AvgIpc) is 2.63. The molecule has 2 rings (SSSR count). The molecule has 0 radical (unpaired) electrons. The van der Waals surface area contributed by atoms with Gasteiger partial charge in [0.15, 0.2) is 6.10 Å². The second-order valence-corrected chi connectivity index (χ2v) is 6.70. The third-order valence-electron chi connectivity index (χ3n) is 4.05. The van der Waals surface area contributed by atoms with Crippen LogP contribution in [-0.4, -0.2) is 23.0 Å². The molecule has 0 aliphatic heterocycles. The van der Waals surface area contributed by atoms with Crippen LogP contribution in [0, 0.1) is 0 Å². The minimum Gasteiger partial charge on any atom is -0.449 e. The summed E-state index contributed by atoms with van der Waals surface area (Å²) in [7, 11) is 0.